The topological polar surface area (TPSA) is 80.6 Å². The molecule has 0 amide bonds. The van der Waals surface area contributed by atoms with Gasteiger partial charge in [-0.3, -0.25) is 0 Å². The average Bonchev–Trinajstić information content (AvgIpc) is 2.04. The predicted molar refractivity (Wildman–Crippen MR) is 38.8 cm³/mol. The molecule has 2 N–H and O–H groups in total. The Labute approximate surface area is 68.7 Å². The molecule has 0 fully saturated rings. The highest BCUT2D eigenvalue weighted by Crippen LogP contribution is 2.15. The first-order valence-corrected chi connectivity index (χ1v) is 3.29. The highest BCUT2D eigenvalue weighted by molar-refractivity contribution is 5.88. The molecule has 0 aliphatic rings. The van der Waals surface area contributed by atoms with E-state index in [1.165, 1.54) is 12.1 Å². The van der Waals surface area contributed by atoms with Gasteiger partial charge in [-0.25, -0.2) is 4.79 Å². The monoisotopic (exact) mass is 167 g/mol. The Hall–Kier alpha value is -1.55. The Kier molecular flexibility index (Phi) is 2.30. The summed E-state index contributed by atoms with van der Waals surface area (Å²) in [5, 5.41) is 28.0. The Balaban J connectivity index is 3.10. The van der Waals surface area contributed by atoms with E-state index in [9.17, 15) is 9.90 Å². The third-order valence-electron chi connectivity index (χ3n) is 1.48. The summed E-state index contributed by atoms with van der Waals surface area (Å²) in [6.45, 7) is -0.362. The number of benzene rings is 1. The van der Waals surface area contributed by atoms with Crippen LogP contribution in [0.4, 0.5) is 0 Å². The van der Waals surface area contributed by atoms with Crippen molar-refractivity contribution < 1.29 is 20.1 Å². The highest BCUT2D eigenvalue weighted by atomic mass is 16.4. The Morgan fingerprint density at radius 2 is 2.17 bits per heavy atom. The van der Waals surface area contributed by atoms with Crippen LogP contribution in [0.3, 0.4) is 0 Å². The largest absolute Gasteiger partial charge is 0.872 e. The number of aliphatic hydroxyl groups is 1. The van der Waals surface area contributed by atoms with Crippen molar-refractivity contribution >= 4 is 5.97 Å². The van der Waals surface area contributed by atoms with Crippen molar-refractivity contribution in [3.8, 4) is 5.75 Å². The molecule has 0 saturated heterocycles. The normalized spacial score (nSPS) is 9.75. The smallest absolute Gasteiger partial charge is 0.335 e. The van der Waals surface area contributed by atoms with Gasteiger partial charge in [-0.1, -0.05) is 12.1 Å². The zero-order chi connectivity index (χ0) is 9.14. The van der Waals surface area contributed by atoms with Gasteiger partial charge in [0.15, 0.2) is 0 Å². The first kappa shape index (κ1) is 8.55. The van der Waals surface area contributed by atoms with Crippen molar-refractivity contribution in [1.29, 1.82) is 0 Å². The van der Waals surface area contributed by atoms with Gasteiger partial charge in [0.25, 0.3) is 0 Å². The molecule has 1 aromatic carbocycles. The molecule has 0 spiro atoms. The SMILES string of the molecule is O=C(O)c1ccc(CO)c([O-])c1. The van der Waals surface area contributed by atoms with Crippen molar-refractivity contribution in [2.45, 2.75) is 6.61 Å². The minimum absolute atomic E-state index is 0.0581. The lowest BCUT2D eigenvalue weighted by Gasteiger charge is -2.11. The van der Waals surface area contributed by atoms with E-state index in [1.807, 2.05) is 0 Å². The molecule has 0 radical (unpaired) electrons. The molecule has 1 aromatic rings. The molecule has 1 rings (SSSR count). The number of rotatable bonds is 2. The summed E-state index contributed by atoms with van der Waals surface area (Å²) < 4.78 is 0. The van der Waals surface area contributed by atoms with Gasteiger partial charge >= 0.3 is 5.97 Å². The lowest BCUT2D eigenvalue weighted by molar-refractivity contribution is -0.270. The van der Waals surface area contributed by atoms with Crippen LogP contribution in [-0.4, -0.2) is 16.2 Å². The second-order valence-electron chi connectivity index (χ2n) is 2.29. The Morgan fingerprint density at radius 3 is 2.58 bits per heavy atom. The first-order chi connectivity index (χ1) is 5.65. The van der Waals surface area contributed by atoms with E-state index in [1.54, 1.807) is 0 Å². The fraction of sp³-hybridized carbons (Fsp3) is 0.125. The highest BCUT2D eigenvalue weighted by Gasteiger charge is 2.01. The molecule has 0 saturated carbocycles. The van der Waals surface area contributed by atoms with Crippen LogP contribution in [0.1, 0.15) is 15.9 Å². The summed E-state index contributed by atoms with van der Waals surface area (Å²) in [5.74, 6) is -1.59. The maximum atomic E-state index is 11.0. The summed E-state index contributed by atoms with van der Waals surface area (Å²) in [4.78, 5) is 10.4. The van der Waals surface area contributed by atoms with Gasteiger partial charge in [0.2, 0.25) is 0 Å². The summed E-state index contributed by atoms with van der Waals surface area (Å²) in [5.41, 5.74) is 0.150. The van der Waals surface area contributed by atoms with Crippen molar-refractivity contribution in [1.82, 2.24) is 0 Å². The molecule has 0 unspecified atom stereocenters. The molecular weight excluding hydrogens is 160 g/mol. The average molecular weight is 167 g/mol. The Morgan fingerprint density at radius 1 is 1.50 bits per heavy atom. The van der Waals surface area contributed by atoms with E-state index in [-0.39, 0.29) is 17.7 Å². The maximum absolute atomic E-state index is 11.0. The first-order valence-electron chi connectivity index (χ1n) is 3.29. The predicted octanol–water partition coefficient (Wildman–Crippen LogP) is -0.0493. The van der Waals surface area contributed by atoms with Gasteiger partial charge in [0.05, 0.1) is 12.2 Å². The van der Waals surface area contributed by atoms with E-state index in [0.717, 1.165) is 6.07 Å². The minimum atomic E-state index is -1.14. The minimum Gasteiger partial charge on any atom is -0.872 e. The molecule has 0 bridgehead atoms. The molecule has 64 valence electrons. The summed E-state index contributed by atoms with van der Waals surface area (Å²) >= 11 is 0. The van der Waals surface area contributed by atoms with Crippen LogP contribution in [0.5, 0.6) is 5.75 Å². The van der Waals surface area contributed by atoms with Crippen LogP contribution in [0.2, 0.25) is 0 Å². The third-order valence-corrected chi connectivity index (χ3v) is 1.48. The number of carbonyl (C=O) groups is 1. The molecule has 0 atom stereocenters. The number of hydrogen-bond acceptors (Lipinski definition) is 3. The van der Waals surface area contributed by atoms with Crippen LogP contribution in [0.25, 0.3) is 0 Å². The third kappa shape index (κ3) is 1.54. The van der Waals surface area contributed by atoms with Crippen LogP contribution >= 0.6 is 0 Å². The molecule has 0 aliphatic carbocycles. The van der Waals surface area contributed by atoms with E-state index in [2.05, 4.69) is 0 Å². The molecule has 4 heteroatoms. The van der Waals surface area contributed by atoms with Gasteiger partial charge in [-0.2, -0.15) is 0 Å². The van der Waals surface area contributed by atoms with Crippen molar-refractivity contribution in [2.24, 2.45) is 0 Å². The van der Waals surface area contributed by atoms with Gasteiger partial charge in [-0.15, -0.1) is 5.75 Å². The van der Waals surface area contributed by atoms with E-state index >= 15 is 0 Å². The molecule has 0 aliphatic heterocycles. The molecule has 12 heavy (non-hydrogen) atoms. The number of aromatic carboxylic acids is 1. The van der Waals surface area contributed by atoms with E-state index < -0.39 is 11.7 Å². The Bertz CT molecular complexity index is 306. The van der Waals surface area contributed by atoms with E-state index in [0.29, 0.717) is 0 Å². The number of aliphatic hydroxyl groups excluding tert-OH is 1. The zero-order valence-corrected chi connectivity index (χ0v) is 6.15. The second-order valence-corrected chi connectivity index (χ2v) is 2.29. The van der Waals surface area contributed by atoms with Crippen LogP contribution < -0.4 is 5.11 Å². The van der Waals surface area contributed by atoms with Crippen LogP contribution in [-0.2, 0) is 6.61 Å². The van der Waals surface area contributed by atoms with Gasteiger partial charge in [-0.05, 0) is 11.6 Å². The zero-order valence-electron chi connectivity index (χ0n) is 6.15. The number of carboxylic acids is 1. The van der Waals surface area contributed by atoms with Crippen molar-refractivity contribution in [3.63, 3.8) is 0 Å². The van der Waals surface area contributed by atoms with Gasteiger partial charge in [0, 0.05) is 0 Å². The summed E-state index contributed by atoms with van der Waals surface area (Å²) in [7, 11) is 0. The van der Waals surface area contributed by atoms with Gasteiger partial charge < -0.3 is 15.3 Å². The molecule has 0 aromatic heterocycles. The van der Waals surface area contributed by atoms with Crippen molar-refractivity contribution in [2.75, 3.05) is 0 Å². The molecule has 4 nitrogen and oxygen atoms in total. The fourth-order valence-electron chi connectivity index (χ4n) is 0.818. The molecular formula is C8H7O4-. The van der Waals surface area contributed by atoms with Crippen LogP contribution in [0.15, 0.2) is 18.2 Å². The number of carboxylic acid groups (broad SMARTS) is 1. The summed E-state index contributed by atoms with van der Waals surface area (Å²) in [6.07, 6.45) is 0. The fourth-order valence-corrected chi connectivity index (χ4v) is 0.818. The lowest BCUT2D eigenvalue weighted by atomic mass is 10.1. The second kappa shape index (κ2) is 3.23. The van der Waals surface area contributed by atoms with Crippen molar-refractivity contribution in [3.05, 3.63) is 29.3 Å². The van der Waals surface area contributed by atoms with Crippen LogP contribution in [0, 0.1) is 0 Å². The quantitative estimate of drug-likeness (QED) is 0.647. The van der Waals surface area contributed by atoms with E-state index in [4.69, 9.17) is 10.2 Å². The van der Waals surface area contributed by atoms with Gasteiger partial charge in [0.1, 0.15) is 0 Å². The summed E-state index contributed by atoms with van der Waals surface area (Å²) in [6, 6.07) is 3.59. The maximum Gasteiger partial charge on any atom is 0.335 e. The standard InChI is InChI=1S/C8H8O4/c9-4-6-2-1-5(8(11)12)3-7(6)10/h1-3,9-10H,4H2,(H,11,12)/p-1. The lowest BCUT2D eigenvalue weighted by Crippen LogP contribution is -2.02. The number of hydrogen-bond donors (Lipinski definition) is 2. The molecule has 0 heterocycles.